The lowest BCUT2D eigenvalue weighted by Gasteiger charge is -2.05. The molecule has 1 rings (SSSR count). The molecule has 0 aliphatic heterocycles. The van der Waals surface area contributed by atoms with Gasteiger partial charge in [0.25, 0.3) is 0 Å². The van der Waals surface area contributed by atoms with Crippen LogP contribution in [0.4, 0.5) is 0 Å². The first kappa shape index (κ1) is 12.2. The third-order valence-corrected chi connectivity index (χ3v) is 2.96. The molecule has 0 atom stereocenters. The van der Waals surface area contributed by atoms with Gasteiger partial charge in [-0.15, -0.1) is 0 Å². The zero-order valence-electron chi connectivity index (χ0n) is 8.98. The van der Waals surface area contributed by atoms with Gasteiger partial charge in [-0.3, -0.25) is 4.18 Å². The highest BCUT2D eigenvalue weighted by molar-refractivity contribution is 7.81. The number of hydrogen-bond acceptors (Lipinski definition) is 4. The minimum Gasteiger partial charge on any atom is -0.252 e. The van der Waals surface area contributed by atoms with E-state index in [1.165, 1.54) is 0 Å². The molecule has 0 N–H and O–H groups in total. The van der Waals surface area contributed by atoms with Crippen molar-refractivity contribution in [3.8, 4) is 0 Å². The second kappa shape index (κ2) is 4.74. The van der Waals surface area contributed by atoms with Crippen molar-refractivity contribution >= 4 is 10.4 Å². The molecule has 0 aliphatic carbocycles. The van der Waals surface area contributed by atoms with E-state index in [1.54, 1.807) is 0 Å². The molecule has 0 radical (unpaired) electrons. The molecule has 0 amide bonds. The Labute approximate surface area is 90.2 Å². The van der Waals surface area contributed by atoms with Gasteiger partial charge in [0.2, 0.25) is 0 Å². The van der Waals surface area contributed by atoms with Crippen LogP contribution in [0.5, 0.6) is 0 Å². The fourth-order valence-corrected chi connectivity index (χ4v) is 1.46. The van der Waals surface area contributed by atoms with E-state index >= 15 is 0 Å². The summed E-state index contributed by atoms with van der Waals surface area (Å²) in [5, 5.41) is 0. The average Bonchev–Trinajstić information content (AvgIpc) is 2.20. The summed E-state index contributed by atoms with van der Waals surface area (Å²) in [5.41, 5.74) is 3.07. The molecule has 5 heteroatoms. The van der Waals surface area contributed by atoms with Crippen LogP contribution in [0, 0.1) is 13.8 Å². The number of hydrogen-bond donors (Lipinski definition) is 0. The van der Waals surface area contributed by atoms with Gasteiger partial charge in [0.15, 0.2) is 0 Å². The SMILES string of the molecule is COS(=O)(=O)OCc1ccc(C)c(C)c1. The number of aryl methyl sites for hydroxylation is 2. The molecule has 0 heterocycles. The third kappa shape index (κ3) is 3.62. The Morgan fingerprint density at radius 3 is 2.40 bits per heavy atom. The standard InChI is InChI=1S/C10H14O4S/c1-8-4-5-10(6-9(8)2)7-14-15(11,12)13-3/h4-6H,7H2,1-3H3. The molecule has 0 unspecified atom stereocenters. The zero-order chi connectivity index (χ0) is 11.5. The lowest BCUT2D eigenvalue weighted by Crippen LogP contribution is -2.07. The minimum atomic E-state index is -3.84. The smallest absolute Gasteiger partial charge is 0.252 e. The van der Waals surface area contributed by atoms with Gasteiger partial charge in [0.1, 0.15) is 0 Å². The van der Waals surface area contributed by atoms with Gasteiger partial charge < -0.3 is 0 Å². The van der Waals surface area contributed by atoms with E-state index in [0.29, 0.717) is 0 Å². The van der Waals surface area contributed by atoms with E-state index < -0.39 is 10.4 Å². The summed E-state index contributed by atoms with van der Waals surface area (Å²) in [5.74, 6) is 0. The lowest BCUT2D eigenvalue weighted by molar-refractivity contribution is 0.235. The highest BCUT2D eigenvalue weighted by Gasteiger charge is 2.08. The Kier molecular flexibility index (Phi) is 3.84. The molecule has 1 aromatic carbocycles. The van der Waals surface area contributed by atoms with Crippen LogP contribution in [-0.4, -0.2) is 15.5 Å². The monoisotopic (exact) mass is 230 g/mol. The zero-order valence-corrected chi connectivity index (χ0v) is 9.80. The summed E-state index contributed by atoms with van der Waals surface area (Å²) in [4.78, 5) is 0. The summed E-state index contributed by atoms with van der Waals surface area (Å²) < 4.78 is 30.5. The van der Waals surface area contributed by atoms with E-state index in [9.17, 15) is 8.42 Å². The van der Waals surface area contributed by atoms with Crippen molar-refractivity contribution in [1.29, 1.82) is 0 Å². The Bertz CT molecular complexity index is 437. The van der Waals surface area contributed by atoms with Gasteiger partial charge in [0, 0.05) is 0 Å². The van der Waals surface area contributed by atoms with E-state index in [-0.39, 0.29) is 6.61 Å². The van der Waals surface area contributed by atoms with Gasteiger partial charge in [0.05, 0.1) is 13.7 Å². The van der Waals surface area contributed by atoms with E-state index in [4.69, 9.17) is 0 Å². The molecule has 15 heavy (non-hydrogen) atoms. The maximum Gasteiger partial charge on any atom is 0.399 e. The predicted molar refractivity (Wildman–Crippen MR) is 56.6 cm³/mol. The fourth-order valence-electron chi connectivity index (χ4n) is 1.08. The molecular weight excluding hydrogens is 216 g/mol. The maximum absolute atomic E-state index is 10.9. The lowest BCUT2D eigenvalue weighted by atomic mass is 10.1. The quantitative estimate of drug-likeness (QED) is 0.790. The molecule has 0 fully saturated rings. The van der Waals surface area contributed by atoms with Crippen molar-refractivity contribution in [3.63, 3.8) is 0 Å². The molecule has 0 spiro atoms. The number of rotatable bonds is 4. The molecule has 0 saturated heterocycles. The van der Waals surface area contributed by atoms with Crippen molar-refractivity contribution in [1.82, 2.24) is 0 Å². The maximum atomic E-state index is 10.9. The van der Waals surface area contributed by atoms with E-state index in [0.717, 1.165) is 23.8 Å². The second-order valence-electron chi connectivity index (χ2n) is 3.26. The van der Waals surface area contributed by atoms with Gasteiger partial charge in [-0.2, -0.15) is 8.42 Å². The Balaban J connectivity index is 2.71. The van der Waals surface area contributed by atoms with Gasteiger partial charge in [-0.1, -0.05) is 18.2 Å². The summed E-state index contributed by atoms with van der Waals surface area (Å²) in [6, 6.07) is 5.64. The van der Waals surface area contributed by atoms with Gasteiger partial charge >= 0.3 is 10.4 Å². The van der Waals surface area contributed by atoms with Crippen LogP contribution in [0.25, 0.3) is 0 Å². The molecular formula is C10H14O4S. The molecule has 0 aliphatic rings. The molecule has 0 saturated carbocycles. The first-order valence-electron chi connectivity index (χ1n) is 4.46. The Morgan fingerprint density at radius 1 is 1.20 bits per heavy atom. The van der Waals surface area contributed by atoms with Crippen LogP contribution in [0.3, 0.4) is 0 Å². The average molecular weight is 230 g/mol. The van der Waals surface area contributed by atoms with Crippen molar-refractivity contribution < 1.29 is 16.8 Å². The summed E-state index contributed by atoms with van der Waals surface area (Å²) in [6.07, 6.45) is 0. The summed E-state index contributed by atoms with van der Waals surface area (Å²) in [7, 11) is -2.78. The predicted octanol–water partition coefficient (Wildman–Crippen LogP) is 1.71. The molecule has 1 aromatic rings. The minimum absolute atomic E-state index is 0.00269. The molecule has 0 bridgehead atoms. The van der Waals surface area contributed by atoms with Crippen LogP contribution in [-0.2, 0) is 25.4 Å². The topological polar surface area (TPSA) is 52.6 Å². The van der Waals surface area contributed by atoms with Gasteiger partial charge in [-0.25, -0.2) is 4.18 Å². The summed E-state index contributed by atoms with van der Waals surface area (Å²) in [6.45, 7) is 3.95. The van der Waals surface area contributed by atoms with E-state index in [1.807, 2.05) is 32.0 Å². The van der Waals surface area contributed by atoms with Crippen molar-refractivity contribution in [2.45, 2.75) is 20.5 Å². The summed E-state index contributed by atoms with van der Waals surface area (Å²) >= 11 is 0. The second-order valence-corrected chi connectivity index (χ2v) is 4.64. The van der Waals surface area contributed by atoms with Crippen LogP contribution in [0.2, 0.25) is 0 Å². The van der Waals surface area contributed by atoms with Gasteiger partial charge in [-0.05, 0) is 30.5 Å². The van der Waals surface area contributed by atoms with Crippen LogP contribution < -0.4 is 0 Å². The fraction of sp³-hybridized carbons (Fsp3) is 0.400. The highest BCUT2D eigenvalue weighted by atomic mass is 32.3. The third-order valence-electron chi connectivity index (χ3n) is 2.15. The van der Waals surface area contributed by atoms with Crippen molar-refractivity contribution in [2.24, 2.45) is 0 Å². The molecule has 0 aromatic heterocycles. The van der Waals surface area contributed by atoms with Crippen molar-refractivity contribution in [2.75, 3.05) is 7.11 Å². The highest BCUT2D eigenvalue weighted by Crippen LogP contribution is 2.11. The van der Waals surface area contributed by atoms with Crippen LogP contribution >= 0.6 is 0 Å². The normalized spacial score (nSPS) is 11.7. The molecule has 84 valence electrons. The first-order valence-corrected chi connectivity index (χ1v) is 5.79. The Hall–Kier alpha value is -0.910. The van der Waals surface area contributed by atoms with Crippen LogP contribution in [0.15, 0.2) is 18.2 Å². The van der Waals surface area contributed by atoms with E-state index in [2.05, 4.69) is 8.37 Å². The first-order chi connectivity index (χ1) is 6.94. The largest absolute Gasteiger partial charge is 0.399 e. The molecule has 4 nitrogen and oxygen atoms in total. The van der Waals surface area contributed by atoms with Crippen LogP contribution in [0.1, 0.15) is 16.7 Å². The Morgan fingerprint density at radius 2 is 1.87 bits per heavy atom. The van der Waals surface area contributed by atoms with Crippen molar-refractivity contribution in [3.05, 3.63) is 34.9 Å². The number of benzene rings is 1.